The molecular formula is C14H19ClN2O. The molecule has 18 heavy (non-hydrogen) atoms. The number of hydrogen-bond donors (Lipinski definition) is 1. The van der Waals surface area contributed by atoms with Crippen LogP contribution in [-0.4, -0.2) is 29.9 Å². The minimum absolute atomic E-state index is 0.110. The maximum Gasteiger partial charge on any atom is 0.237 e. The van der Waals surface area contributed by atoms with Crippen LogP contribution >= 0.6 is 11.6 Å². The fourth-order valence-corrected chi connectivity index (χ4v) is 1.89. The predicted octanol–water partition coefficient (Wildman–Crippen LogP) is 2.44. The lowest BCUT2D eigenvalue weighted by Gasteiger charge is -2.24. The third-order valence-electron chi connectivity index (χ3n) is 3.31. The third-order valence-corrected chi connectivity index (χ3v) is 3.56. The van der Waals surface area contributed by atoms with Gasteiger partial charge < -0.3 is 5.32 Å². The monoisotopic (exact) mass is 266 g/mol. The molecule has 98 valence electrons. The van der Waals surface area contributed by atoms with Crippen molar-refractivity contribution in [3.63, 3.8) is 0 Å². The van der Waals surface area contributed by atoms with Gasteiger partial charge in [0, 0.05) is 17.6 Å². The summed E-state index contributed by atoms with van der Waals surface area (Å²) in [6.07, 6.45) is 2.25. The van der Waals surface area contributed by atoms with Crippen molar-refractivity contribution in [3.05, 3.63) is 34.9 Å². The molecule has 0 spiro atoms. The van der Waals surface area contributed by atoms with Crippen LogP contribution in [0.3, 0.4) is 0 Å². The van der Waals surface area contributed by atoms with Gasteiger partial charge in [-0.05, 0) is 44.5 Å². The van der Waals surface area contributed by atoms with E-state index in [1.54, 1.807) is 0 Å². The van der Waals surface area contributed by atoms with Gasteiger partial charge in [0.1, 0.15) is 0 Å². The molecule has 1 saturated carbocycles. The van der Waals surface area contributed by atoms with E-state index in [9.17, 15) is 4.79 Å². The summed E-state index contributed by atoms with van der Waals surface area (Å²) in [5.41, 5.74) is 1.16. The Kier molecular flexibility index (Phi) is 4.25. The number of nitrogens with zero attached hydrogens (tertiary/aromatic N) is 1. The van der Waals surface area contributed by atoms with Crippen molar-refractivity contribution in [2.45, 2.75) is 38.4 Å². The van der Waals surface area contributed by atoms with Crippen LogP contribution in [0.25, 0.3) is 0 Å². The molecule has 0 unspecified atom stereocenters. The van der Waals surface area contributed by atoms with Gasteiger partial charge in [-0.2, -0.15) is 0 Å². The van der Waals surface area contributed by atoms with Crippen LogP contribution in [0.4, 0.5) is 0 Å². The Labute approximate surface area is 113 Å². The number of nitrogens with one attached hydrogen (secondary N) is 1. The lowest BCUT2D eigenvalue weighted by molar-refractivity contribution is -0.125. The molecule has 1 aromatic carbocycles. The van der Waals surface area contributed by atoms with Crippen LogP contribution in [0.2, 0.25) is 5.02 Å². The average Bonchev–Trinajstić information content (AvgIpc) is 3.15. The summed E-state index contributed by atoms with van der Waals surface area (Å²) >= 11 is 5.85. The molecule has 1 aliphatic rings. The highest BCUT2D eigenvalue weighted by molar-refractivity contribution is 6.30. The second-order valence-corrected chi connectivity index (χ2v) is 5.44. The molecule has 1 aliphatic carbocycles. The van der Waals surface area contributed by atoms with E-state index < -0.39 is 0 Å². The number of halogens is 1. The predicted molar refractivity (Wildman–Crippen MR) is 73.5 cm³/mol. The first-order chi connectivity index (χ1) is 8.56. The summed E-state index contributed by atoms with van der Waals surface area (Å²) in [7, 11) is 1.96. The largest absolute Gasteiger partial charge is 0.352 e. The summed E-state index contributed by atoms with van der Waals surface area (Å²) in [5.74, 6) is 0.119. The molecule has 1 aromatic rings. The van der Waals surface area contributed by atoms with Crippen molar-refractivity contribution in [1.29, 1.82) is 0 Å². The van der Waals surface area contributed by atoms with Crippen molar-refractivity contribution in [1.82, 2.24) is 10.2 Å². The zero-order chi connectivity index (χ0) is 13.1. The van der Waals surface area contributed by atoms with Crippen molar-refractivity contribution < 1.29 is 4.79 Å². The summed E-state index contributed by atoms with van der Waals surface area (Å²) in [6, 6.07) is 8.04. The minimum Gasteiger partial charge on any atom is -0.352 e. The van der Waals surface area contributed by atoms with Crippen LogP contribution in [-0.2, 0) is 11.3 Å². The first-order valence-electron chi connectivity index (χ1n) is 6.31. The van der Waals surface area contributed by atoms with Crippen LogP contribution in [0.5, 0.6) is 0 Å². The molecule has 1 fully saturated rings. The van der Waals surface area contributed by atoms with E-state index in [1.165, 1.54) is 0 Å². The minimum atomic E-state index is -0.110. The van der Waals surface area contributed by atoms with E-state index in [1.807, 2.05) is 43.1 Å². The zero-order valence-corrected chi connectivity index (χ0v) is 11.6. The van der Waals surface area contributed by atoms with E-state index in [-0.39, 0.29) is 11.9 Å². The average molecular weight is 267 g/mol. The Hall–Kier alpha value is -1.06. The quantitative estimate of drug-likeness (QED) is 0.888. The first-order valence-corrected chi connectivity index (χ1v) is 6.69. The second-order valence-electron chi connectivity index (χ2n) is 5.00. The summed E-state index contributed by atoms with van der Waals surface area (Å²) in [4.78, 5) is 13.9. The topological polar surface area (TPSA) is 32.3 Å². The number of likely N-dealkylation sites (N-methyl/N-ethyl adjacent to an activating group) is 1. The fraction of sp³-hybridized carbons (Fsp3) is 0.500. The maximum atomic E-state index is 11.9. The summed E-state index contributed by atoms with van der Waals surface area (Å²) < 4.78 is 0. The molecule has 1 atom stereocenters. The Balaban J connectivity index is 1.87. The smallest absolute Gasteiger partial charge is 0.237 e. The molecule has 0 radical (unpaired) electrons. The van der Waals surface area contributed by atoms with Gasteiger partial charge in [0.05, 0.1) is 6.04 Å². The van der Waals surface area contributed by atoms with Gasteiger partial charge in [0.15, 0.2) is 0 Å². The van der Waals surface area contributed by atoms with Crippen molar-refractivity contribution in [2.75, 3.05) is 7.05 Å². The molecule has 4 heteroatoms. The van der Waals surface area contributed by atoms with E-state index >= 15 is 0 Å². The molecule has 1 N–H and O–H groups in total. The maximum absolute atomic E-state index is 11.9. The van der Waals surface area contributed by atoms with Gasteiger partial charge in [-0.1, -0.05) is 23.7 Å². The van der Waals surface area contributed by atoms with Gasteiger partial charge in [-0.3, -0.25) is 9.69 Å². The summed E-state index contributed by atoms with van der Waals surface area (Å²) in [6.45, 7) is 2.68. The van der Waals surface area contributed by atoms with Gasteiger partial charge in [-0.25, -0.2) is 0 Å². The highest BCUT2D eigenvalue weighted by atomic mass is 35.5. The number of carbonyl (C=O) groups is 1. The standard InChI is InChI=1S/C14H19ClN2O/c1-10(14(18)16-13-7-8-13)17(2)9-11-3-5-12(15)6-4-11/h3-6,10,13H,7-9H2,1-2H3,(H,16,18)/t10-/m0/s1. The van der Waals surface area contributed by atoms with E-state index in [4.69, 9.17) is 11.6 Å². The highest BCUT2D eigenvalue weighted by Gasteiger charge is 2.27. The number of hydrogen-bond acceptors (Lipinski definition) is 2. The van der Waals surface area contributed by atoms with Crippen LogP contribution in [0.1, 0.15) is 25.3 Å². The molecule has 3 nitrogen and oxygen atoms in total. The SMILES string of the molecule is C[C@@H](C(=O)NC1CC1)N(C)Cc1ccc(Cl)cc1. The van der Waals surface area contributed by atoms with Crippen LogP contribution in [0.15, 0.2) is 24.3 Å². The van der Waals surface area contributed by atoms with Crippen molar-refractivity contribution in [3.8, 4) is 0 Å². The van der Waals surface area contributed by atoms with Gasteiger partial charge in [0.2, 0.25) is 5.91 Å². The first kappa shape index (κ1) is 13.4. The Morgan fingerprint density at radius 2 is 2.06 bits per heavy atom. The Bertz CT molecular complexity index is 414. The molecule has 0 bridgehead atoms. The molecule has 1 amide bonds. The molecule has 0 aromatic heterocycles. The summed E-state index contributed by atoms with van der Waals surface area (Å²) in [5, 5.41) is 3.76. The number of benzene rings is 1. The van der Waals surface area contributed by atoms with E-state index in [0.717, 1.165) is 30.0 Å². The Morgan fingerprint density at radius 1 is 1.44 bits per heavy atom. The lowest BCUT2D eigenvalue weighted by Crippen LogP contribution is -2.43. The Morgan fingerprint density at radius 3 is 2.61 bits per heavy atom. The lowest BCUT2D eigenvalue weighted by atomic mass is 10.2. The number of carbonyl (C=O) groups excluding carboxylic acids is 1. The van der Waals surface area contributed by atoms with Gasteiger partial charge in [-0.15, -0.1) is 0 Å². The van der Waals surface area contributed by atoms with Crippen LogP contribution in [0, 0.1) is 0 Å². The van der Waals surface area contributed by atoms with E-state index in [2.05, 4.69) is 5.32 Å². The van der Waals surface area contributed by atoms with E-state index in [0.29, 0.717) is 6.04 Å². The normalized spacial score (nSPS) is 16.7. The number of amides is 1. The van der Waals surface area contributed by atoms with Gasteiger partial charge in [0.25, 0.3) is 0 Å². The number of rotatable bonds is 5. The zero-order valence-electron chi connectivity index (χ0n) is 10.8. The molecule has 0 heterocycles. The molecule has 0 saturated heterocycles. The van der Waals surface area contributed by atoms with Crippen molar-refractivity contribution >= 4 is 17.5 Å². The third kappa shape index (κ3) is 3.72. The highest BCUT2D eigenvalue weighted by Crippen LogP contribution is 2.19. The molecule has 0 aliphatic heterocycles. The van der Waals surface area contributed by atoms with Crippen molar-refractivity contribution in [2.24, 2.45) is 0 Å². The van der Waals surface area contributed by atoms with Crippen LogP contribution < -0.4 is 5.32 Å². The van der Waals surface area contributed by atoms with Gasteiger partial charge >= 0.3 is 0 Å². The molecule has 2 rings (SSSR count). The second kappa shape index (κ2) is 5.72. The fourth-order valence-electron chi connectivity index (χ4n) is 1.76. The molecular weight excluding hydrogens is 248 g/mol.